The predicted octanol–water partition coefficient (Wildman–Crippen LogP) is 0.281. The minimum atomic E-state index is -1.04. The van der Waals surface area contributed by atoms with Crippen LogP contribution in [0.25, 0.3) is 0 Å². The highest BCUT2D eigenvalue weighted by molar-refractivity contribution is 5.84. The number of ether oxygens (including phenoxy) is 4. The quantitative estimate of drug-likeness (QED) is 0.388. The van der Waals surface area contributed by atoms with E-state index in [1.165, 1.54) is 10.7 Å². The van der Waals surface area contributed by atoms with Gasteiger partial charge in [0.05, 0.1) is 52.8 Å². The van der Waals surface area contributed by atoms with Gasteiger partial charge in [0.2, 0.25) is 0 Å². The number of hydrogen-bond acceptors (Lipinski definition) is 6. The summed E-state index contributed by atoms with van der Waals surface area (Å²) >= 11 is 0. The highest BCUT2D eigenvalue weighted by Crippen LogP contribution is 1.95. The average molecular weight is 326 g/mol. The second kappa shape index (κ2) is 12.6. The van der Waals surface area contributed by atoms with Crippen LogP contribution in [0.1, 0.15) is 10.5 Å². The van der Waals surface area contributed by atoms with E-state index in [-0.39, 0.29) is 5.69 Å². The first-order valence-corrected chi connectivity index (χ1v) is 7.25. The van der Waals surface area contributed by atoms with Crippen LogP contribution < -0.4 is 0 Å². The molecule has 0 aliphatic rings. The number of carboxylic acids is 1. The molecule has 1 aromatic rings. The first-order chi connectivity index (χ1) is 11.2. The molecule has 0 atom stereocenters. The molecule has 0 aliphatic carbocycles. The molecular formula is C15H22N2O6. The molecule has 0 fully saturated rings. The second-order valence-electron chi connectivity index (χ2n) is 4.36. The third kappa shape index (κ3) is 9.65. The Kier molecular flexibility index (Phi) is 10.5. The molecule has 8 nitrogen and oxygen atoms in total. The number of nitrogens with zero attached hydrogens (tertiary/aromatic N) is 2. The Morgan fingerprint density at radius 3 is 2.17 bits per heavy atom. The Morgan fingerprint density at radius 1 is 1.09 bits per heavy atom. The van der Waals surface area contributed by atoms with E-state index in [1.807, 2.05) is 0 Å². The normalized spacial score (nSPS) is 10.6. The molecule has 0 saturated heterocycles. The Labute approximate surface area is 135 Å². The summed E-state index contributed by atoms with van der Waals surface area (Å²) in [5.41, 5.74) is 0.0259. The van der Waals surface area contributed by atoms with Crippen molar-refractivity contribution in [3.63, 3.8) is 0 Å². The fourth-order valence-corrected chi connectivity index (χ4v) is 1.55. The molecule has 0 saturated carbocycles. The van der Waals surface area contributed by atoms with Crippen molar-refractivity contribution in [3.8, 4) is 12.3 Å². The molecule has 0 aliphatic heterocycles. The largest absolute Gasteiger partial charge is 0.476 e. The molecule has 1 N–H and O–H groups in total. The van der Waals surface area contributed by atoms with Gasteiger partial charge in [-0.2, -0.15) is 5.10 Å². The smallest absolute Gasteiger partial charge is 0.356 e. The van der Waals surface area contributed by atoms with Crippen molar-refractivity contribution in [2.45, 2.75) is 6.54 Å². The summed E-state index contributed by atoms with van der Waals surface area (Å²) in [5, 5.41) is 12.6. The van der Waals surface area contributed by atoms with Crippen molar-refractivity contribution < 1.29 is 28.8 Å². The van der Waals surface area contributed by atoms with Crippen LogP contribution in [0.3, 0.4) is 0 Å². The second-order valence-corrected chi connectivity index (χ2v) is 4.36. The van der Waals surface area contributed by atoms with Gasteiger partial charge in [-0.15, -0.1) is 6.42 Å². The van der Waals surface area contributed by atoms with Gasteiger partial charge in [0.15, 0.2) is 5.69 Å². The molecule has 0 amide bonds. The van der Waals surface area contributed by atoms with Crippen molar-refractivity contribution in [1.29, 1.82) is 0 Å². The lowest BCUT2D eigenvalue weighted by Gasteiger charge is -2.07. The van der Waals surface area contributed by atoms with Crippen molar-refractivity contribution in [3.05, 3.63) is 18.0 Å². The maximum absolute atomic E-state index is 10.7. The van der Waals surface area contributed by atoms with Crippen LogP contribution in [0.15, 0.2) is 12.3 Å². The number of aromatic nitrogens is 2. The zero-order valence-electron chi connectivity index (χ0n) is 13.0. The summed E-state index contributed by atoms with van der Waals surface area (Å²) in [6, 6.07) is 1.45. The maximum Gasteiger partial charge on any atom is 0.356 e. The lowest BCUT2D eigenvalue weighted by Crippen LogP contribution is -2.13. The monoisotopic (exact) mass is 326 g/mol. The molecule has 1 rings (SSSR count). The van der Waals surface area contributed by atoms with Crippen molar-refractivity contribution in [1.82, 2.24) is 9.78 Å². The van der Waals surface area contributed by atoms with Gasteiger partial charge in [-0.25, -0.2) is 4.79 Å². The highest BCUT2D eigenvalue weighted by atomic mass is 16.6. The third-order valence-corrected chi connectivity index (χ3v) is 2.63. The lowest BCUT2D eigenvalue weighted by atomic mass is 10.5. The predicted molar refractivity (Wildman–Crippen MR) is 81.3 cm³/mol. The Balaban J connectivity index is 1.84. The van der Waals surface area contributed by atoms with Crippen LogP contribution in [0.4, 0.5) is 0 Å². The zero-order chi connectivity index (χ0) is 16.8. The summed E-state index contributed by atoms with van der Waals surface area (Å²) in [7, 11) is 0. The molecule has 8 heteroatoms. The lowest BCUT2D eigenvalue weighted by molar-refractivity contribution is 0.000222. The molecule has 0 unspecified atom stereocenters. The maximum atomic E-state index is 10.7. The van der Waals surface area contributed by atoms with Crippen molar-refractivity contribution in [2.75, 3.05) is 52.9 Å². The van der Waals surface area contributed by atoms with Crippen LogP contribution in [-0.2, 0) is 25.5 Å². The molecule has 1 heterocycles. The van der Waals surface area contributed by atoms with Gasteiger partial charge in [-0.3, -0.25) is 4.68 Å². The SMILES string of the molecule is C#CCOCCOCCOCCOCCn1ccc(C(=O)O)n1. The van der Waals surface area contributed by atoms with Crippen LogP contribution >= 0.6 is 0 Å². The fraction of sp³-hybridized carbons (Fsp3) is 0.600. The third-order valence-electron chi connectivity index (χ3n) is 2.63. The fourth-order valence-electron chi connectivity index (χ4n) is 1.55. The van der Waals surface area contributed by atoms with Gasteiger partial charge in [0.25, 0.3) is 0 Å². The first kappa shape index (κ1) is 19.1. The first-order valence-electron chi connectivity index (χ1n) is 7.25. The molecule has 1 aromatic heterocycles. The number of aromatic carboxylic acids is 1. The summed E-state index contributed by atoms with van der Waals surface area (Å²) < 4.78 is 22.5. The van der Waals surface area contributed by atoms with E-state index < -0.39 is 5.97 Å². The number of carboxylic acid groups (broad SMARTS) is 1. The van der Waals surface area contributed by atoms with Crippen LogP contribution in [0, 0.1) is 12.3 Å². The Morgan fingerprint density at radius 2 is 1.65 bits per heavy atom. The van der Waals surface area contributed by atoms with Crippen molar-refractivity contribution >= 4 is 5.97 Å². The Bertz CT molecular complexity index is 483. The number of terminal acetylenes is 1. The van der Waals surface area contributed by atoms with E-state index in [1.54, 1.807) is 6.20 Å². The van der Waals surface area contributed by atoms with Gasteiger partial charge < -0.3 is 24.1 Å². The number of hydrogen-bond donors (Lipinski definition) is 1. The summed E-state index contributed by atoms with van der Waals surface area (Å²) in [5.74, 6) is 1.33. The van der Waals surface area contributed by atoms with Crippen LogP contribution in [0.5, 0.6) is 0 Å². The number of rotatable bonds is 14. The molecule has 0 spiro atoms. The minimum Gasteiger partial charge on any atom is -0.476 e. The number of carbonyl (C=O) groups is 1. The van der Waals surface area contributed by atoms with Crippen LogP contribution in [0.2, 0.25) is 0 Å². The molecule has 128 valence electrons. The van der Waals surface area contributed by atoms with Gasteiger partial charge in [0.1, 0.15) is 6.61 Å². The van der Waals surface area contributed by atoms with E-state index in [0.29, 0.717) is 59.4 Å². The molecule has 0 aromatic carbocycles. The summed E-state index contributed by atoms with van der Waals surface area (Å²) in [4.78, 5) is 10.7. The summed E-state index contributed by atoms with van der Waals surface area (Å²) in [6.07, 6.45) is 6.63. The van der Waals surface area contributed by atoms with E-state index in [9.17, 15) is 4.79 Å². The average Bonchev–Trinajstić information content (AvgIpc) is 3.01. The summed E-state index contributed by atoms with van der Waals surface area (Å²) in [6.45, 7) is 4.10. The highest BCUT2D eigenvalue weighted by Gasteiger charge is 2.05. The van der Waals surface area contributed by atoms with E-state index in [2.05, 4.69) is 11.0 Å². The van der Waals surface area contributed by atoms with Gasteiger partial charge in [-0.05, 0) is 6.07 Å². The van der Waals surface area contributed by atoms with Crippen LogP contribution in [-0.4, -0.2) is 73.7 Å². The molecule has 0 radical (unpaired) electrons. The zero-order valence-corrected chi connectivity index (χ0v) is 13.0. The van der Waals surface area contributed by atoms with Gasteiger partial charge in [-0.1, -0.05) is 5.92 Å². The molecular weight excluding hydrogens is 304 g/mol. The topological polar surface area (TPSA) is 92.0 Å². The standard InChI is InChI=1S/C15H22N2O6/c1-2-6-20-8-10-22-12-13-23-11-9-21-7-5-17-4-3-14(16-17)15(18)19/h1,3-4H,5-13H2,(H,18,19). The van der Waals surface area contributed by atoms with E-state index in [0.717, 1.165) is 0 Å². The van der Waals surface area contributed by atoms with E-state index >= 15 is 0 Å². The minimum absolute atomic E-state index is 0.0259. The van der Waals surface area contributed by atoms with Crippen molar-refractivity contribution in [2.24, 2.45) is 0 Å². The van der Waals surface area contributed by atoms with E-state index in [4.69, 9.17) is 30.5 Å². The molecule has 0 bridgehead atoms. The van der Waals surface area contributed by atoms with Gasteiger partial charge >= 0.3 is 5.97 Å². The Hall–Kier alpha value is -1.92. The molecule has 23 heavy (non-hydrogen) atoms. The van der Waals surface area contributed by atoms with Gasteiger partial charge in [0, 0.05) is 6.20 Å².